The van der Waals surface area contributed by atoms with Crippen LogP contribution in [-0.4, -0.2) is 69.2 Å². The molecule has 0 aromatic heterocycles. The number of carbonyl (C=O) groups excluding carboxylic acids is 3. The van der Waals surface area contributed by atoms with Gasteiger partial charge in [0, 0.05) is 53.7 Å². The summed E-state index contributed by atoms with van der Waals surface area (Å²) in [5.74, 6) is -0.529. The molecule has 0 bridgehead atoms. The average Bonchev–Trinajstić information content (AvgIpc) is 3.37. The minimum atomic E-state index is -0.904. The zero-order valence-corrected chi connectivity index (χ0v) is 47.1. The molecule has 0 fully saturated rings. The van der Waals surface area contributed by atoms with Crippen molar-refractivity contribution in [3.05, 3.63) is 201 Å². The van der Waals surface area contributed by atoms with Crippen LogP contribution in [0.5, 0.6) is 11.5 Å². The standard InChI is InChI=1S/C32H40N2O3.C16H18N2O.C16H24O3/c1-31(2,3)24-19-23(20-25(28(24)37-8)32(4,5)6)29(35)34-27(30(36)33-7)26(21-15-11-9-12-16-21)22-17-13-10-14-18-22;1-18-16(19)15(17)14(12-8-4-2-5-9-12)13-10-6-3-7-11-13;1-15(2,3)11-8-10(14(17)18)9-12(13(11)19-7)16(4,5)6/h9-20,26-27H,1-8H3,(H,33,36)(H,34,35);2-11,14-15H,17H2,1H3,(H,18,19);8-9H,1-7H3,(H,17,18)/t27-;15-;/m00./s1. The van der Waals surface area contributed by atoms with E-state index in [4.69, 9.17) is 15.2 Å². The Kier molecular flexibility index (Phi) is 20.8. The largest absolute Gasteiger partial charge is 0.496 e. The van der Waals surface area contributed by atoms with E-state index < -0.39 is 18.1 Å². The van der Waals surface area contributed by atoms with Gasteiger partial charge in [-0.25, -0.2) is 4.79 Å². The summed E-state index contributed by atoms with van der Waals surface area (Å²) in [4.78, 5) is 50.3. The molecule has 0 spiro atoms. The van der Waals surface area contributed by atoms with Crippen molar-refractivity contribution >= 4 is 23.7 Å². The summed E-state index contributed by atoms with van der Waals surface area (Å²) >= 11 is 0. The molecule has 0 aliphatic heterocycles. The van der Waals surface area contributed by atoms with Gasteiger partial charge in [0.25, 0.3) is 5.91 Å². The summed E-state index contributed by atoms with van der Waals surface area (Å²) < 4.78 is 11.4. The Labute approximate surface area is 447 Å². The lowest BCUT2D eigenvalue weighted by molar-refractivity contribution is -0.123. The molecule has 0 aliphatic carbocycles. The number of nitrogens with one attached hydrogen (secondary N) is 3. The van der Waals surface area contributed by atoms with Crippen molar-refractivity contribution in [2.45, 2.75) is 129 Å². The second kappa shape index (κ2) is 25.8. The van der Waals surface area contributed by atoms with Gasteiger partial charge < -0.3 is 36.3 Å². The van der Waals surface area contributed by atoms with Crippen LogP contribution in [0.1, 0.15) is 160 Å². The van der Waals surface area contributed by atoms with Crippen LogP contribution < -0.4 is 31.2 Å². The molecule has 11 nitrogen and oxygen atoms in total. The molecular formula is C64H82N4O7. The van der Waals surface area contributed by atoms with Crippen molar-refractivity contribution < 1.29 is 33.8 Å². The number of carboxylic acid groups (broad SMARTS) is 1. The highest BCUT2D eigenvalue weighted by Crippen LogP contribution is 2.42. The van der Waals surface area contributed by atoms with Crippen molar-refractivity contribution in [2.75, 3.05) is 28.3 Å². The van der Waals surface area contributed by atoms with Crippen molar-refractivity contribution in [1.82, 2.24) is 16.0 Å². The smallest absolute Gasteiger partial charge is 0.335 e. The molecule has 6 aromatic carbocycles. The minimum Gasteiger partial charge on any atom is -0.496 e. The Balaban J connectivity index is 0.000000269. The van der Waals surface area contributed by atoms with Gasteiger partial charge in [-0.15, -0.1) is 0 Å². The van der Waals surface area contributed by atoms with Crippen LogP contribution in [-0.2, 0) is 31.2 Å². The van der Waals surface area contributed by atoms with E-state index in [0.29, 0.717) is 11.1 Å². The summed E-state index contributed by atoms with van der Waals surface area (Å²) in [6.07, 6.45) is 0. The van der Waals surface area contributed by atoms with Gasteiger partial charge in [0.2, 0.25) is 11.8 Å². The monoisotopic (exact) mass is 1020 g/mol. The Morgan fingerprint density at radius 1 is 0.453 bits per heavy atom. The molecule has 3 amide bonds. The molecule has 0 radical (unpaired) electrons. The number of benzene rings is 6. The lowest BCUT2D eigenvalue weighted by atomic mass is 9.78. The van der Waals surface area contributed by atoms with Gasteiger partial charge in [-0.1, -0.05) is 204 Å². The van der Waals surface area contributed by atoms with E-state index in [-0.39, 0.29) is 51.2 Å². The molecule has 6 rings (SSSR count). The predicted octanol–water partition coefficient (Wildman–Crippen LogP) is 11.8. The van der Waals surface area contributed by atoms with Gasteiger partial charge >= 0.3 is 5.97 Å². The van der Waals surface area contributed by atoms with Gasteiger partial charge in [0.05, 0.1) is 25.8 Å². The number of nitrogens with two attached hydrogens (primary N) is 1. The SMILES string of the molecule is CNC(=O)[C@@H](N)C(c1ccccc1)c1ccccc1.CNC(=O)[C@@H](NC(=O)c1cc(C(C)(C)C)c(OC)c(C(C)(C)C)c1)C(c1ccccc1)c1ccccc1.COc1c(C(C)(C)C)cc(C(=O)O)cc1C(C)(C)C. The van der Waals surface area contributed by atoms with Crippen LogP contribution in [0.2, 0.25) is 0 Å². The molecule has 0 heterocycles. The quantitative estimate of drug-likeness (QED) is 0.0761. The number of carbonyl (C=O) groups is 4. The van der Waals surface area contributed by atoms with Crippen LogP contribution in [0.15, 0.2) is 146 Å². The highest BCUT2D eigenvalue weighted by atomic mass is 16.5. The van der Waals surface area contributed by atoms with E-state index >= 15 is 0 Å². The maximum atomic E-state index is 13.9. The summed E-state index contributed by atoms with van der Waals surface area (Å²) in [5.41, 5.74) is 13.8. The van der Waals surface area contributed by atoms with Crippen LogP contribution >= 0.6 is 0 Å². The van der Waals surface area contributed by atoms with Gasteiger partial charge in [0.15, 0.2) is 0 Å². The highest BCUT2D eigenvalue weighted by molar-refractivity contribution is 5.99. The molecule has 0 aliphatic rings. The Hall–Kier alpha value is -7.24. The number of carboxylic acids is 1. The first-order chi connectivity index (χ1) is 35.1. The Morgan fingerprint density at radius 2 is 0.733 bits per heavy atom. The second-order valence-electron chi connectivity index (χ2n) is 22.8. The van der Waals surface area contributed by atoms with Crippen molar-refractivity contribution in [3.8, 4) is 11.5 Å². The number of likely N-dealkylation sites (N-methyl/N-ethyl adjacent to an activating group) is 2. The highest BCUT2D eigenvalue weighted by Gasteiger charge is 2.35. The average molecular weight is 1020 g/mol. The number of rotatable bonds is 13. The zero-order valence-electron chi connectivity index (χ0n) is 47.1. The van der Waals surface area contributed by atoms with Gasteiger partial charge in [0.1, 0.15) is 17.5 Å². The number of methoxy groups -OCH3 is 2. The lowest BCUT2D eigenvalue weighted by Crippen LogP contribution is -2.49. The molecule has 6 aromatic rings. The van der Waals surface area contributed by atoms with Crippen LogP contribution in [0.3, 0.4) is 0 Å². The number of ether oxygens (including phenoxy) is 2. The van der Waals surface area contributed by atoms with E-state index in [1.165, 1.54) is 0 Å². The summed E-state index contributed by atoms with van der Waals surface area (Å²) in [6, 6.07) is 45.2. The molecule has 400 valence electrons. The first-order valence-electron chi connectivity index (χ1n) is 25.5. The fourth-order valence-electron chi connectivity index (χ4n) is 9.00. The first kappa shape index (κ1) is 60.3. The maximum Gasteiger partial charge on any atom is 0.335 e. The topological polar surface area (TPSA) is 169 Å². The molecule has 11 heteroatoms. The third-order valence-corrected chi connectivity index (χ3v) is 13.0. The molecule has 0 saturated heterocycles. The van der Waals surface area contributed by atoms with E-state index in [1.54, 1.807) is 40.4 Å². The number of hydrogen-bond donors (Lipinski definition) is 5. The molecule has 0 saturated carbocycles. The van der Waals surface area contributed by atoms with E-state index in [1.807, 2.05) is 133 Å². The fraction of sp³-hybridized carbons (Fsp3) is 0.375. The van der Waals surface area contributed by atoms with Crippen molar-refractivity contribution in [2.24, 2.45) is 5.73 Å². The van der Waals surface area contributed by atoms with E-state index in [9.17, 15) is 24.3 Å². The Morgan fingerprint density at radius 3 is 0.987 bits per heavy atom. The summed E-state index contributed by atoms with van der Waals surface area (Å²) in [6.45, 7) is 25.0. The van der Waals surface area contributed by atoms with Crippen molar-refractivity contribution in [3.63, 3.8) is 0 Å². The number of aromatic carboxylic acids is 1. The molecule has 0 unspecified atom stereocenters. The second-order valence-corrected chi connectivity index (χ2v) is 22.8. The van der Waals surface area contributed by atoms with Gasteiger partial charge in [-0.05, 0) is 68.2 Å². The van der Waals surface area contributed by atoms with Crippen LogP contribution in [0.25, 0.3) is 0 Å². The summed E-state index contributed by atoms with van der Waals surface area (Å²) in [7, 11) is 6.51. The van der Waals surface area contributed by atoms with Gasteiger partial charge in [-0.3, -0.25) is 14.4 Å². The zero-order chi connectivity index (χ0) is 56.1. The summed E-state index contributed by atoms with van der Waals surface area (Å²) in [5, 5.41) is 17.8. The molecule has 75 heavy (non-hydrogen) atoms. The predicted molar refractivity (Wildman–Crippen MR) is 305 cm³/mol. The lowest BCUT2D eigenvalue weighted by Gasteiger charge is -2.31. The van der Waals surface area contributed by atoms with E-state index in [0.717, 1.165) is 56.0 Å². The molecule has 2 atom stereocenters. The van der Waals surface area contributed by atoms with Crippen LogP contribution in [0.4, 0.5) is 0 Å². The first-order valence-corrected chi connectivity index (χ1v) is 25.5. The van der Waals surface area contributed by atoms with Crippen LogP contribution in [0, 0.1) is 0 Å². The van der Waals surface area contributed by atoms with Gasteiger partial charge in [-0.2, -0.15) is 0 Å². The third kappa shape index (κ3) is 15.9. The third-order valence-electron chi connectivity index (χ3n) is 13.0. The molecule has 6 N–H and O–H groups in total. The maximum absolute atomic E-state index is 13.9. The number of hydrogen-bond acceptors (Lipinski definition) is 7. The minimum absolute atomic E-state index is 0.137. The number of amides is 3. The molecular weight excluding hydrogens is 937 g/mol. The van der Waals surface area contributed by atoms with Crippen molar-refractivity contribution in [1.29, 1.82) is 0 Å². The normalized spacial score (nSPS) is 12.5. The van der Waals surface area contributed by atoms with E-state index in [2.05, 4.69) is 99.0 Å². The Bertz CT molecular complexity index is 2670. The fourth-order valence-corrected chi connectivity index (χ4v) is 9.00.